The molecule has 2 aliphatic rings. The molecule has 3 atom stereocenters. The van der Waals surface area contributed by atoms with E-state index in [9.17, 15) is 25.2 Å². The van der Waals surface area contributed by atoms with Crippen LogP contribution < -0.4 is 4.74 Å². The Bertz CT molecular complexity index is 1490. The molecule has 268 valence electrons. The van der Waals surface area contributed by atoms with Gasteiger partial charge >= 0.3 is 5.97 Å². The number of rotatable bonds is 16. The van der Waals surface area contributed by atoms with Gasteiger partial charge < -0.3 is 25.2 Å². The summed E-state index contributed by atoms with van der Waals surface area (Å²) in [4.78, 5) is 11.6. The number of ether oxygens (including phenoxy) is 1. The first-order valence-electron chi connectivity index (χ1n) is 18.3. The molecule has 0 saturated carbocycles. The van der Waals surface area contributed by atoms with Gasteiger partial charge in [0, 0.05) is 11.5 Å². The van der Waals surface area contributed by atoms with Crippen molar-refractivity contribution in [1.82, 2.24) is 0 Å². The van der Waals surface area contributed by atoms with E-state index in [-0.39, 0.29) is 34.6 Å². The minimum atomic E-state index is -1.10. The number of carboxylic acids is 1. The Labute approximate surface area is 294 Å². The minimum absolute atomic E-state index is 0.00667. The van der Waals surface area contributed by atoms with Crippen LogP contribution in [-0.4, -0.2) is 32.0 Å². The number of phenolic OH excluding ortho intramolecular Hbond substituents is 2. The first kappa shape index (κ1) is 39.5. The molecule has 49 heavy (non-hydrogen) atoms. The molecule has 0 saturated heterocycles. The van der Waals surface area contributed by atoms with Gasteiger partial charge in [-0.2, -0.15) is 0 Å². The van der Waals surface area contributed by atoms with Crippen LogP contribution in [0.25, 0.3) is 6.08 Å². The summed E-state index contributed by atoms with van der Waals surface area (Å²) in [5.74, 6) is 0.00327. The minimum Gasteiger partial charge on any atom is -0.507 e. The maximum absolute atomic E-state index is 11.6. The third kappa shape index (κ3) is 10.8. The molecule has 4 N–H and O–H groups in total. The van der Waals surface area contributed by atoms with Crippen LogP contribution in [0.15, 0.2) is 60.7 Å². The van der Waals surface area contributed by atoms with Gasteiger partial charge in [-0.1, -0.05) is 82.2 Å². The van der Waals surface area contributed by atoms with Crippen LogP contribution >= 0.6 is 0 Å². The van der Waals surface area contributed by atoms with Crippen LogP contribution in [0.4, 0.5) is 0 Å². The number of fused-ring (bicyclic) bond motifs is 1. The van der Waals surface area contributed by atoms with Crippen LogP contribution in [-0.2, 0) is 12.8 Å². The number of carbonyl (C=O) groups is 1. The summed E-state index contributed by atoms with van der Waals surface area (Å²) in [6.07, 6.45) is 22.0. The summed E-state index contributed by atoms with van der Waals surface area (Å²) in [6.45, 7) is 18.3. The highest BCUT2D eigenvalue weighted by Crippen LogP contribution is 2.47. The van der Waals surface area contributed by atoms with Crippen molar-refractivity contribution in [2.24, 2.45) is 5.92 Å². The van der Waals surface area contributed by atoms with E-state index in [0.717, 1.165) is 68.9 Å². The van der Waals surface area contributed by atoms with Gasteiger partial charge in [0.2, 0.25) is 0 Å². The molecule has 0 bridgehead atoms. The number of aromatic hydroxyl groups is 3. The van der Waals surface area contributed by atoms with Gasteiger partial charge in [0.1, 0.15) is 34.2 Å². The van der Waals surface area contributed by atoms with Crippen LogP contribution in [0.1, 0.15) is 150 Å². The topological polar surface area (TPSA) is 107 Å². The van der Waals surface area contributed by atoms with E-state index in [1.807, 2.05) is 38.1 Å². The lowest BCUT2D eigenvalue weighted by Crippen LogP contribution is -2.32. The highest BCUT2D eigenvalue weighted by atomic mass is 16.5. The molecule has 0 spiro atoms. The quantitative estimate of drug-likeness (QED) is 0.104. The summed E-state index contributed by atoms with van der Waals surface area (Å²) in [5.41, 5.74) is 4.73. The Balaban J connectivity index is 0.000000266. The standard InChI is InChI=1S/C23H34O2.C20H26O4/c1-5-6-7-8-9-10-18-14-21(24)23(22(25)15-18)20-13-17(4)11-12-19(20)16(2)3;1-4-6-8-9-14-13-16-15(18(21)17(14)19(22)23)10-12-20(3,24-16)11-7-5-2/h13-15,19-20,24-25H,2,5-12H2,1,3-4H3;5,10,12-13,21H,2,4,6-9,11H2,1,3H3,(H,22,23). The SMILES string of the molecule is C=C(C)C1CCC(C)=CC1c1c(O)cc(CCCCCCC)cc1O.C=CCCC1(C)C=Cc2c(cc(CCCCC)c(C(=O)O)c2O)O1. The monoisotopic (exact) mass is 672 g/mol. The molecule has 1 heterocycles. The zero-order valence-electron chi connectivity index (χ0n) is 30.6. The second kappa shape index (κ2) is 18.7. The number of phenols is 3. The van der Waals surface area contributed by atoms with Crippen molar-refractivity contribution >= 4 is 12.0 Å². The highest BCUT2D eigenvalue weighted by molar-refractivity contribution is 5.95. The first-order chi connectivity index (χ1) is 23.3. The van der Waals surface area contributed by atoms with Crippen molar-refractivity contribution in [2.75, 3.05) is 0 Å². The Kier molecular flexibility index (Phi) is 15.1. The zero-order chi connectivity index (χ0) is 36.1. The predicted molar refractivity (Wildman–Crippen MR) is 202 cm³/mol. The number of allylic oxidation sites excluding steroid dienone is 4. The number of aryl methyl sites for hydroxylation is 2. The third-order valence-electron chi connectivity index (χ3n) is 9.92. The molecule has 3 unspecified atom stereocenters. The van der Waals surface area contributed by atoms with Gasteiger partial charge in [-0.15, -0.1) is 6.58 Å². The number of unbranched alkanes of at least 4 members (excludes halogenated alkanes) is 6. The third-order valence-corrected chi connectivity index (χ3v) is 9.92. The van der Waals surface area contributed by atoms with E-state index in [1.165, 1.54) is 31.3 Å². The Morgan fingerprint density at radius 2 is 1.63 bits per heavy atom. The van der Waals surface area contributed by atoms with Gasteiger partial charge in [0.25, 0.3) is 0 Å². The number of hydrogen-bond acceptors (Lipinski definition) is 5. The normalized spacial score (nSPS) is 19.6. The molecule has 0 fully saturated rings. The molecule has 2 aromatic carbocycles. The van der Waals surface area contributed by atoms with Gasteiger partial charge in [0.15, 0.2) is 0 Å². The van der Waals surface area contributed by atoms with Crippen molar-refractivity contribution in [1.29, 1.82) is 0 Å². The lowest BCUT2D eigenvalue weighted by atomic mass is 9.73. The fraction of sp³-hybridized carbons (Fsp3) is 0.512. The summed E-state index contributed by atoms with van der Waals surface area (Å²) >= 11 is 0. The summed E-state index contributed by atoms with van der Waals surface area (Å²) < 4.78 is 6.10. The smallest absolute Gasteiger partial charge is 0.339 e. The molecule has 0 radical (unpaired) electrons. The Morgan fingerprint density at radius 1 is 1.00 bits per heavy atom. The fourth-order valence-electron chi connectivity index (χ4n) is 7.03. The second-order valence-corrected chi connectivity index (χ2v) is 14.3. The van der Waals surface area contributed by atoms with E-state index in [4.69, 9.17) is 4.74 Å². The largest absolute Gasteiger partial charge is 0.507 e. The molecule has 4 rings (SSSR count). The number of carboxylic acid groups (broad SMARTS) is 1. The van der Waals surface area contributed by atoms with Crippen molar-refractivity contribution in [3.8, 4) is 23.0 Å². The molecule has 0 aromatic heterocycles. The number of benzene rings is 2. The van der Waals surface area contributed by atoms with Crippen LogP contribution in [0.2, 0.25) is 0 Å². The van der Waals surface area contributed by atoms with Gasteiger partial charge in [0.05, 0.1) is 5.56 Å². The van der Waals surface area contributed by atoms with Crippen LogP contribution in [0.3, 0.4) is 0 Å². The van der Waals surface area contributed by atoms with Gasteiger partial charge in [-0.3, -0.25) is 0 Å². The maximum atomic E-state index is 11.6. The molecule has 0 amide bonds. The Hall–Kier alpha value is -3.93. The van der Waals surface area contributed by atoms with E-state index < -0.39 is 11.6 Å². The molecular formula is C43H60O6. The van der Waals surface area contributed by atoms with Gasteiger partial charge in [-0.05, 0) is 120 Å². The molecule has 1 aliphatic carbocycles. The first-order valence-corrected chi connectivity index (χ1v) is 18.3. The lowest BCUT2D eigenvalue weighted by molar-refractivity contribution is 0.0692. The predicted octanol–water partition coefficient (Wildman–Crippen LogP) is 11.6. The van der Waals surface area contributed by atoms with Crippen molar-refractivity contribution in [2.45, 2.75) is 136 Å². The highest BCUT2D eigenvalue weighted by Gasteiger charge is 2.32. The zero-order valence-corrected chi connectivity index (χ0v) is 30.6. The second-order valence-electron chi connectivity index (χ2n) is 14.3. The average Bonchev–Trinajstić information content (AvgIpc) is 3.03. The van der Waals surface area contributed by atoms with Gasteiger partial charge in [-0.25, -0.2) is 4.79 Å². The van der Waals surface area contributed by atoms with Crippen molar-refractivity contribution < 1.29 is 30.0 Å². The summed E-state index contributed by atoms with van der Waals surface area (Å²) in [7, 11) is 0. The van der Waals surface area contributed by atoms with E-state index in [0.29, 0.717) is 28.9 Å². The maximum Gasteiger partial charge on any atom is 0.339 e. The fourth-order valence-corrected chi connectivity index (χ4v) is 7.03. The van der Waals surface area contributed by atoms with E-state index >= 15 is 0 Å². The molecule has 1 aliphatic heterocycles. The molecule has 6 nitrogen and oxygen atoms in total. The van der Waals surface area contributed by atoms with Crippen molar-refractivity contribution in [3.63, 3.8) is 0 Å². The Morgan fingerprint density at radius 3 is 2.24 bits per heavy atom. The van der Waals surface area contributed by atoms with Crippen LogP contribution in [0, 0.1) is 5.92 Å². The van der Waals surface area contributed by atoms with E-state index in [2.05, 4.69) is 40.0 Å². The van der Waals surface area contributed by atoms with E-state index in [1.54, 1.807) is 12.1 Å². The molecular weight excluding hydrogens is 612 g/mol. The number of hydrogen-bond donors (Lipinski definition) is 4. The van der Waals surface area contributed by atoms with Crippen LogP contribution in [0.5, 0.6) is 23.0 Å². The molecule has 6 heteroatoms. The van der Waals surface area contributed by atoms with Crippen molar-refractivity contribution in [3.05, 3.63) is 88.5 Å². The summed E-state index contributed by atoms with van der Waals surface area (Å²) in [6, 6.07) is 5.48. The summed E-state index contributed by atoms with van der Waals surface area (Å²) in [5, 5.41) is 41.2. The molecule has 2 aromatic rings. The lowest BCUT2D eigenvalue weighted by Gasteiger charge is -2.32. The average molecular weight is 673 g/mol. The number of aromatic carboxylic acids is 1.